The molecule has 0 aliphatic carbocycles. The molecule has 1 aliphatic rings. The summed E-state index contributed by atoms with van der Waals surface area (Å²) in [4.78, 5) is 11.6. The second kappa shape index (κ2) is 7.46. The molecule has 3 aromatic rings. The number of hydrogen-bond acceptors (Lipinski definition) is 4. The quantitative estimate of drug-likeness (QED) is 0.573. The Kier molecular flexibility index (Phi) is 5.12. The maximum Gasteiger partial charge on any atom is 0.307 e. The smallest absolute Gasteiger partial charge is 0.307 e. The van der Waals surface area contributed by atoms with Crippen LogP contribution in [0, 0.1) is 5.82 Å². The van der Waals surface area contributed by atoms with Gasteiger partial charge >= 0.3 is 5.97 Å². The molecule has 8 heteroatoms. The van der Waals surface area contributed by atoms with Crippen LogP contribution in [0.3, 0.4) is 0 Å². The van der Waals surface area contributed by atoms with Crippen LogP contribution in [0.2, 0.25) is 0 Å². The first kappa shape index (κ1) is 19.9. The van der Waals surface area contributed by atoms with E-state index in [-0.39, 0.29) is 17.4 Å². The molecule has 1 aliphatic heterocycles. The monoisotopic (exact) mass is 418 g/mol. The van der Waals surface area contributed by atoms with Crippen molar-refractivity contribution in [2.24, 2.45) is 0 Å². The van der Waals surface area contributed by atoms with Crippen molar-refractivity contribution in [3.05, 3.63) is 65.6 Å². The molecule has 3 N–H and O–H groups in total. The SMILES string of the molecule is CN(C1CCc2c(CC(=O)O)c3ccccc3n2C1)S(O)(O)c1ccc(F)cc1. The lowest BCUT2D eigenvalue weighted by molar-refractivity contribution is -0.136. The Balaban J connectivity index is 1.68. The van der Waals surface area contributed by atoms with Crippen LogP contribution >= 0.6 is 10.8 Å². The third-order valence-corrected chi connectivity index (χ3v) is 7.68. The van der Waals surface area contributed by atoms with Crippen LogP contribution in [0.25, 0.3) is 10.9 Å². The van der Waals surface area contributed by atoms with Gasteiger partial charge < -0.3 is 9.67 Å². The van der Waals surface area contributed by atoms with Crippen molar-refractivity contribution in [2.75, 3.05) is 7.05 Å². The third-order valence-electron chi connectivity index (χ3n) is 5.68. The summed E-state index contributed by atoms with van der Waals surface area (Å²) < 4.78 is 38.6. The van der Waals surface area contributed by atoms with E-state index in [0.717, 1.165) is 22.2 Å². The number of carbonyl (C=O) groups is 1. The summed E-state index contributed by atoms with van der Waals surface area (Å²) in [6.07, 6.45) is 1.27. The van der Waals surface area contributed by atoms with Crippen molar-refractivity contribution >= 4 is 27.6 Å². The molecule has 2 aromatic carbocycles. The largest absolute Gasteiger partial charge is 0.481 e. The number of benzene rings is 2. The normalized spacial score (nSPS) is 17.5. The lowest BCUT2D eigenvalue weighted by atomic mass is 10.0. The van der Waals surface area contributed by atoms with Crippen LogP contribution in [-0.4, -0.2) is 42.1 Å². The number of halogens is 1. The molecule has 2 heterocycles. The van der Waals surface area contributed by atoms with E-state index in [9.17, 15) is 23.4 Å². The predicted octanol–water partition coefficient (Wildman–Crippen LogP) is 4.38. The number of fused-ring (bicyclic) bond motifs is 3. The molecule has 6 nitrogen and oxygen atoms in total. The van der Waals surface area contributed by atoms with E-state index in [4.69, 9.17) is 0 Å². The average molecular weight is 418 g/mol. The maximum absolute atomic E-state index is 13.2. The van der Waals surface area contributed by atoms with E-state index < -0.39 is 22.6 Å². The van der Waals surface area contributed by atoms with Crippen molar-refractivity contribution in [3.63, 3.8) is 0 Å². The first-order valence-electron chi connectivity index (χ1n) is 9.36. The Morgan fingerprint density at radius 2 is 1.90 bits per heavy atom. The predicted molar refractivity (Wildman–Crippen MR) is 111 cm³/mol. The number of carboxylic acid groups (broad SMARTS) is 1. The van der Waals surface area contributed by atoms with Gasteiger partial charge in [0.2, 0.25) is 0 Å². The summed E-state index contributed by atoms with van der Waals surface area (Å²) in [6.45, 7) is 0.517. The molecule has 1 unspecified atom stereocenters. The summed E-state index contributed by atoms with van der Waals surface area (Å²) >= 11 is 0. The fourth-order valence-electron chi connectivity index (χ4n) is 4.16. The minimum atomic E-state index is -3.26. The summed E-state index contributed by atoms with van der Waals surface area (Å²) in [5, 5.41) is 10.3. The standard InChI is InChI=1S/C21H23FN2O4S/c1-23(29(27,28)16-9-6-14(22)7-10-16)15-8-11-20-18(12-21(25)26)17-4-2-3-5-19(17)24(20)13-15/h2-7,9-10,15,27-28H,8,11-13H2,1H3,(H,25,26). The topological polar surface area (TPSA) is 85.9 Å². The fourth-order valence-corrected chi connectivity index (χ4v) is 5.59. The first-order valence-corrected chi connectivity index (χ1v) is 10.9. The molecule has 0 saturated heterocycles. The highest BCUT2D eigenvalue weighted by atomic mass is 32.3. The molecule has 1 atom stereocenters. The molecule has 4 rings (SSSR count). The van der Waals surface area contributed by atoms with Crippen LogP contribution in [0.5, 0.6) is 0 Å². The highest BCUT2D eigenvalue weighted by molar-refractivity contribution is 8.22. The highest BCUT2D eigenvalue weighted by Crippen LogP contribution is 2.52. The molecule has 1 aromatic heterocycles. The van der Waals surface area contributed by atoms with E-state index >= 15 is 0 Å². The van der Waals surface area contributed by atoms with Gasteiger partial charge in [-0.05, 0) is 48.7 Å². The minimum absolute atomic E-state index is 0.0336. The summed E-state index contributed by atoms with van der Waals surface area (Å²) in [6, 6.07) is 12.8. The van der Waals surface area contributed by atoms with Gasteiger partial charge in [0.15, 0.2) is 0 Å². The minimum Gasteiger partial charge on any atom is -0.481 e. The number of nitrogens with zero attached hydrogens (tertiary/aromatic N) is 2. The van der Waals surface area contributed by atoms with Crippen LogP contribution in [-0.2, 0) is 24.2 Å². The maximum atomic E-state index is 13.2. The summed E-state index contributed by atoms with van der Waals surface area (Å²) in [5.41, 5.74) is 2.78. The van der Waals surface area contributed by atoms with Gasteiger partial charge in [-0.25, -0.2) is 8.70 Å². The zero-order valence-corrected chi connectivity index (χ0v) is 16.8. The molecule has 0 radical (unpaired) electrons. The van der Waals surface area contributed by atoms with E-state index in [2.05, 4.69) is 4.57 Å². The molecular formula is C21H23FN2O4S. The van der Waals surface area contributed by atoms with Gasteiger partial charge in [0.1, 0.15) is 5.82 Å². The van der Waals surface area contributed by atoms with Gasteiger partial charge in [-0.1, -0.05) is 18.2 Å². The lowest BCUT2D eigenvalue weighted by Gasteiger charge is -2.46. The highest BCUT2D eigenvalue weighted by Gasteiger charge is 2.33. The van der Waals surface area contributed by atoms with Gasteiger partial charge in [-0.3, -0.25) is 13.9 Å². The zero-order valence-electron chi connectivity index (χ0n) is 16.0. The van der Waals surface area contributed by atoms with E-state index in [1.165, 1.54) is 24.3 Å². The molecule has 0 amide bonds. The fraction of sp³-hybridized carbons (Fsp3) is 0.286. The molecule has 0 spiro atoms. The van der Waals surface area contributed by atoms with Crippen molar-refractivity contribution in [2.45, 2.75) is 36.7 Å². The Labute approximate surface area is 169 Å². The molecular weight excluding hydrogens is 395 g/mol. The summed E-state index contributed by atoms with van der Waals surface area (Å²) in [7, 11) is -1.60. The second-order valence-electron chi connectivity index (χ2n) is 7.33. The lowest BCUT2D eigenvalue weighted by Crippen LogP contribution is -2.40. The van der Waals surface area contributed by atoms with Crippen molar-refractivity contribution in [1.82, 2.24) is 8.87 Å². The van der Waals surface area contributed by atoms with Crippen LogP contribution in [0.1, 0.15) is 17.7 Å². The third kappa shape index (κ3) is 3.53. The average Bonchev–Trinajstić information content (AvgIpc) is 3.00. The molecule has 29 heavy (non-hydrogen) atoms. The molecule has 0 bridgehead atoms. The number of aliphatic carboxylic acids is 1. The number of rotatable bonds is 5. The Morgan fingerprint density at radius 1 is 1.21 bits per heavy atom. The van der Waals surface area contributed by atoms with Gasteiger partial charge in [-0.15, -0.1) is 10.8 Å². The van der Waals surface area contributed by atoms with Gasteiger partial charge in [0.05, 0.1) is 11.3 Å². The van der Waals surface area contributed by atoms with Crippen LogP contribution in [0.15, 0.2) is 53.4 Å². The number of hydrogen-bond donors (Lipinski definition) is 3. The number of aromatic nitrogens is 1. The van der Waals surface area contributed by atoms with Crippen molar-refractivity contribution < 1.29 is 23.4 Å². The summed E-state index contributed by atoms with van der Waals surface area (Å²) in [5.74, 6) is -1.30. The Bertz CT molecular complexity index is 1060. The Hall–Kier alpha value is -2.39. The molecule has 0 saturated carbocycles. The molecule has 0 fully saturated rings. The molecule has 154 valence electrons. The van der Waals surface area contributed by atoms with Gasteiger partial charge in [-0.2, -0.15) is 0 Å². The number of carboxylic acids is 1. The van der Waals surface area contributed by atoms with Crippen LogP contribution in [0.4, 0.5) is 4.39 Å². The van der Waals surface area contributed by atoms with Crippen LogP contribution < -0.4 is 0 Å². The number of para-hydroxylation sites is 1. The van der Waals surface area contributed by atoms with Gasteiger partial charge in [0.25, 0.3) is 0 Å². The zero-order chi connectivity index (χ0) is 20.8. The number of likely N-dealkylation sites (N-methyl/N-ethyl adjacent to an activating group) is 1. The van der Waals surface area contributed by atoms with E-state index in [1.807, 2.05) is 24.3 Å². The van der Waals surface area contributed by atoms with Crippen molar-refractivity contribution in [3.8, 4) is 0 Å². The van der Waals surface area contributed by atoms with Gasteiger partial charge in [0, 0.05) is 36.2 Å². The van der Waals surface area contributed by atoms with E-state index in [0.29, 0.717) is 19.4 Å². The Morgan fingerprint density at radius 3 is 2.59 bits per heavy atom. The van der Waals surface area contributed by atoms with Crippen molar-refractivity contribution in [1.29, 1.82) is 0 Å². The first-order chi connectivity index (χ1) is 13.8. The second-order valence-corrected chi connectivity index (χ2v) is 9.42. The van der Waals surface area contributed by atoms with E-state index in [1.54, 1.807) is 11.4 Å².